The summed E-state index contributed by atoms with van der Waals surface area (Å²) in [6.07, 6.45) is 10.7. The molecule has 64 valence electrons. The second-order valence-corrected chi connectivity index (χ2v) is 4.62. The fourth-order valence-corrected chi connectivity index (χ4v) is 3.26. The minimum Gasteiger partial charge on any atom is -0.0622 e. The smallest absolute Gasteiger partial charge is 0.0360 e. The molecule has 0 bridgehead atoms. The van der Waals surface area contributed by atoms with Gasteiger partial charge in [-0.3, -0.25) is 0 Å². The highest BCUT2D eigenvalue weighted by atomic mass is 14.4. The van der Waals surface area contributed by atoms with Crippen LogP contribution in [0.15, 0.2) is 0 Å². The summed E-state index contributed by atoms with van der Waals surface area (Å²) in [6, 6.07) is 0. The Kier molecular flexibility index (Phi) is 2.20. The van der Waals surface area contributed by atoms with Gasteiger partial charge in [0.1, 0.15) is 0 Å². The molecule has 3 atom stereocenters. The first-order chi connectivity index (χ1) is 5.38. The van der Waals surface area contributed by atoms with Crippen LogP contribution in [0.4, 0.5) is 0 Å². The SMILES string of the molecule is CC1CCC[C@@H]2CCCC[C@@H]12. The van der Waals surface area contributed by atoms with E-state index in [9.17, 15) is 0 Å². The molecule has 11 heavy (non-hydrogen) atoms. The number of hydrogen-bond donors (Lipinski definition) is 0. The average molecular weight is 152 g/mol. The van der Waals surface area contributed by atoms with E-state index in [4.69, 9.17) is 0 Å². The molecule has 0 N–H and O–H groups in total. The maximum atomic E-state index is 2.47. The molecule has 2 aliphatic carbocycles. The van der Waals surface area contributed by atoms with Gasteiger partial charge in [-0.1, -0.05) is 45.4 Å². The molecule has 0 amide bonds. The summed E-state index contributed by atoms with van der Waals surface area (Å²) in [7, 11) is 0. The van der Waals surface area contributed by atoms with Gasteiger partial charge in [0.15, 0.2) is 0 Å². The number of fused-ring (bicyclic) bond motifs is 1. The monoisotopic (exact) mass is 152 g/mol. The molecule has 0 saturated heterocycles. The van der Waals surface area contributed by atoms with Crippen LogP contribution in [0.3, 0.4) is 0 Å². The molecule has 0 aromatic rings. The van der Waals surface area contributed by atoms with Crippen molar-refractivity contribution in [2.45, 2.75) is 51.9 Å². The Morgan fingerprint density at radius 1 is 0.818 bits per heavy atom. The molecular weight excluding hydrogens is 132 g/mol. The van der Waals surface area contributed by atoms with Crippen molar-refractivity contribution in [2.24, 2.45) is 17.8 Å². The van der Waals surface area contributed by atoms with Crippen molar-refractivity contribution in [2.75, 3.05) is 0 Å². The van der Waals surface area contributed by atoms with E-state index in [2.05, 4.69) is 6.92 Å². The molecule has 2 saturated carbocycles. The van der Waals surface area contributed by atoms with Crippen molar-refractivity contribution in [1.82, 2.24) is 0 Å². The average Bonchev–Trinajstić information content (AvgIpc) is 2.06. The molecule has 0 heteroatoms. The molecule has 0 heterocycles. The van der Waals surface area contributed by atoms with E-state index >= 15 is 0 Å². The third kappa shape index (κ3) is 1.45. The predicted octanol–water partition coefficient (Wildman–Crippen LogP) is 3.61. The maximum absolute atomic E-state index is 2.47. The minimum absolute atomic E-state index is 1.05. The molecule has 1 unspecified atom stereocenters. The van der Waals surface area contributed by atoms with Crippen molar-refractivity contribution in [3.8, 4) is 0 Å². The zero-order chi connectivity index (χ0) is 7.68. The summed E-state index contributed by atoms with van der Waals surface area (Å²) >= 11 is 0. The molecule has 2 rings (SSSR count). The van der Waals surface area contributed by atoms with E-state index in [0.29, 0.717) is 0 Å². The molecule has 2 aliphatic rings. The van der Waals surface area contributed by atoms with Crippen LogP contribution in [0.2, 0.25) is 0 Å². The molecule has 0 aliphatic heterocycles. The van der Waals surface area contributed by atoms with Gasteiger partial charge in [-0.2, -0.15) is 0 Å². The van der Waals surface area contributed by atoms with Gasteiger partial charge in [-0.15, -0.1) is 0 Å². The van der Waals surface area contributed by atoms with E-state index in [1.807, 2.05) is 0 Å². The van der Waals surface area contributed by atoms with E-state index in [0.717, 1.165) is 17.8 Å². The Bertz CT molecular complexity index is 126. The van der Waals surface area contributed by atoms with Crippen molar-refractivity contribution in [1.29, 1.82) is 0 Å². The lowest BCUT2D eigenvalue weighted by atomic mass is 9.66. The lowest BCUT2D eigenvalue weighted by molar-refractivity contribution is 0.114. The maximum Gasteiger partial charge on any atom is -0.0360 e. The fourth-order valence-electron chi connectivity index (χ4n) is 3.26. The Balaban J connectivity index is 1.99. The largest absolute Gasteiger partial charge is 0.0622 e. The number of hydrogen-bond acceptors (Lipinski definition) is 0. The van der Waals surface area contributed by atoms with Crippen LogP contribution in [-0.2, 0) is 0 Å². The summed E-state index contributed by atoms with van der Waals surface area (Å²) in [4.78, 5) is 0. The Morgan fingerprint density at radius 3 is 2.36 bits per heavy atom. The first-order valence-electron chi connectivity index (χ1n) is 5.38. The standard InChI is InChI=1S/C11H20/c1-9-5-4-7-10-6-2-3-8-11(9)10/h9-11H,2-8H2,1H3/t9?,10-,11-/m0/s1. The second-order valence-electron chi connectivity index (χ2n) is 4.62. The predicted molar refractivity (Wildman–Crippen MR) is 48.5 cm³/mol. The first kappa shape index (κ1) is 7.64. The van der Waals surface area contributed by atoms with Crippen molar-refractivity contribution in [3.05, 3.63) is 0 Å². The first-order valence-corrected chi connectivity index (χ1v) is 5.38. The highest BCUT2D eigenvalue weighted by Crippen LogP contribution is 2.43. The highest BCUT2D eigenvalue weighted by molar-refractivity contribution is 4.82. The summed E-state index contributed by atoms with van der Waals surface area (Å²) in [5.74, 6) is 3.30. The van der Waals surface area contributed by atoms with Gasteiger partial charge >= 0.3 is 0 Å². The molecule has 0 spiro atoms. The summed E-state index contributed by atoms with van der Waals surface area (Å²) in [5, 5.41) is 0. The topological polar surface area (TPSA) is 0 Å². The van der Waals surface area contributed by atoms with Crippen LogP contribution >= 0.6 is 0 Å². The Hall–Kier alpha value is 0. The van der Waals surface area contributed by atoms with Gasteiger partial charge in [0, 0.05) is 0 Å². The quantitative estimate of drug-likeness (QED) is 0.497. The van der Waals surface area contributed by atoms with Gasteiger partial charge in [-0.25, -0.2) is 0 Å². The van der Waals surface area contributed by atoms with Gasteiger partial charge < -0.3 is 0 Å². The van der Waals surface area contributed by atoms with E-state index in [1.165, 1.54) is 25.7 Å². The highest BCUT2D eigenvalue weighted by Gasteiger charge is 2.31. The zero-order valence-corrected chi connectivity index (χ0v) is 7.68. The van der Waals surface area contributed by atoms with Gasteiger partial charge in [0.2, 0.25) is 0 Å². The van der Waals surface area contributed by atoms with Crippen LogP contribution in [0, 0.1) is 17.8 Å². The summed E-state index contributed by atoms with van der Waals surface area (Å²) in [5.41, 5.74) is 0. The summed E-state index contributed by atoms with van der Waals surface area (Å²) in [6.45, 7) is 2.47. The van der Waals surface area contributed by atoms with E-state index in [1.54, 1.807) is 19.3 Å². The van der Waals surface area contributed by atoms with E-state index < -0.39 is 0 Å². The zero-order valence-electron chi connectivity index (χ0n) is 7.68. The molecule has 0 aromatic heterocycles. The van der Waals surface area contributed by atoms with Crippen LogP contribution < -0.4 is 0 Å². The Labute approximate surface area is 70.4 Å². The summed E-state index contributed by atoms with van der Waals surface area (Å²) < 4.78 is 0. The Morgan fingerprint density at radius 2 is 1.55 bits per heavy atom. The molecular formula is C11H20. The molecule has 2 fully saturated rings. The normalized spacial score (nSPS) is 45.0. The van der Waals surface area contributed by atoms with Crippen LogP contribution in [-0.4, -0.2) is 0 Å². The third-order valence-electron chi connectivity index (χ3n) is 3.93. The van der Waals surface area contributed by atoms with Crippen LogP contribution in [0.25, 0.3) is 0 Å². The number of rotatable bonds is 0. The van der Waals surface area contributed by atoms with Crippen molar-refractivity contribution >= 4 is 0 Å². The van der Waals surface area contributed by atoms with E-state index in [-0.39, 0.29) is 0 Å². The van der Waals surface area contributed by atoms with Gasteiger partial charge in [0.05, 0.1) is 0 Å². The third-order valence-corrected chi connectivity index (χ3v) is 3.93. The van der Waals surface area contributed by atoms with Crippen molar-refractivity contribution in [3.63, 3.8) is 0 Å². The second kappa shape index (κ2) is 3.16. The van der Waals surface area contributed by atoms with Gasteiger partial charge in [-0.05, 0) is 24.2 Å². The molecule has 0 aromatic carbocycles. The lowest BCUT2D eigenvalue weighted by Crippen LogP contribution is -2.29. The van der Waals surface area contributed by atoms with Crippen molar-refractivity contribution < 1.29 is 0 Å². The molecule has 0 radical (unpaired) electrons. The fraction of sp³-hybridized carbons (Fsp3) is 1.00. The van der Waals surface area contributed by atoms with Crippen LogP contribution in [0.5, 0.6) is 0 Å². The molecule has 0 nitrogen and oxygen atoms in total. The van der Waals surface area contributed by atoms with Crippen LogP contribution in [0.1, 0.15) is 51.9 Å². The van der Waals surface area contributed by atoms with Gasteiger partial charge in [0.25, 0.3) is 0 Å². The minimum atomic E-state index is 1.05. The lowest BCUT2D eigenvalue weighted by Gasteiger charge is -2.39.